The van der Waals surface area contributed by atoms with E-state index in [2.05, 4.69) is 22.0 Å². The molecule has 7 heteroatoms. The monoisotopic (exact) mass is 641 g/mol. The lowest BCUT2D eigenvalue weighted by molar-refractivity contribution is -0.142. The van der Waals surface area contributed by atoms with Crippen LogP contribution < -0.4 is 5.32 Å². The number of ketones is 1. The van der Waals surface area contributed by atoms with E-state index in [9.17, 15) is 18.8 Å². The largest absolute Gasteiger partial charge is 0.303 e. The van der Waals surface area contributed by atoms with Gasteiger partial charge in [0.25, 0.3) is 0 Å². The SMILES string of the molecule is CCCCCCCCCCCCCCCCCC(=O)NC(=O)C1(N2CCCCC2)CCN(CCCC(=O)c2ccc(F)cc2)CC1. The lowest BCUT2D eigenvalue weighted by Crippen LogP contribution is -2.64. The van der Waals surface area contributed by atoms with Crippen molar-refractivity contribution in [3.63, 3.8) is 0 Å². The lowest BCUT2D eigenvalue weighted by atomic mass is 9.83. The highest BCUT2D eigenvalue weighted by molar-refractivity contribution is 6.00. The van der Waals surface area contributed by atoms with Crippen LogP contribution in [0.15, 0.2) is 24.3 Å². The van der Waals surface area contributed by atoms with Crippen LogP contribution >= 0.6 is 0 Å². The van der Waals surface area contributed by atoms with E-state index in [1.807, 2.05) is 0 Å². The highest BCUT2D eigenvalue weighted by atomic mass is 19.1. The molecular weight excluding hydrogens is 577 g/mol. The predicted octanol–water partition coefficient (Wildman–Crippen LogP) is 9.01. The number of carbonyl (C=O) groups is 3. The number of hydrogen-bond acceptors (Lipinski definition) is 5. The first-order valence-electron chi connectivity index (χ1n) is 19.0. The molecule has 0 radical (unpaired) electrons. The molecule has 2 amide bonds. The molecule has 0 aromatic heterocycles. The fraction of sp³-hybridized carbons (Fsp3) is 0.769. The minimum atomic E-state index is -0.619. The van der Waals surface area contributed by atoms with Gasteiger partial charge in [-0.1, -0.05) is 103 Å². The molecular formula is C39H64FN3O3. The third-order valence-electron chi connectivity index (χ3n) is 10.4. The Morgan fingerprint density at radius 3 is 1.74 bits per heavy atom. The van der Waals surface area contributed by atoms with Crippen LogP contribution in [-0.4, -0.2) is 65.7 Å². The standard InChI is InChI=1S/C39H64FN3O3/c1-2-3-4-5-6-7-8-9-10-11-12-13-14-15-17-22-37(45)41-38(46)39(43-30-18-16-19-31-43)27-32-42(33-28-39)29-20-21-36(44)34-23-25-35(40)26-24-34/h23-26H,2-22,27-33H2,1H3,(H,41,45,46). The van der Waals surface area contributed by atoms with Crippen LogP contribution in [0, 0.1) is 5.82 Å². The number of carbonyl (C=O) groups excluding carboxylic acids is 3. The van der Waals surface area contributed by atoms with Gasteiger partial charge in [0, 0.05) is 31.5 Å². The number of piperidine rings is 2. The zero-order chi connectivity index (χ0) is 32.9. The van der Waals surface area contributed by atoms with Gasteiger partial charge >= 0.3 is 0 Å². The number of rotatable bonds is 23. The van der Waals surface area contributed by atoms with Crippen LogP contribution in [0.25, 0.3) is 0 Å². The van der Waals surface area contributed by atoms with Crippen molar-refractivity contribution in [3.05, 3.63) is 35.6 Å². The first-order valence-corrected chi connectivity index (χ1v) is 19.0. The molecule has 2 aliphatic rings. The zero-order valence-electron chi connectivity index (χ0n) is 29.1. The highest BCUT2D eigenvalue weighted by Crippen LogP contribution is 2.32. The molecule has 3 rings (SSSR count). The molecule has 2 fully saturated rings. The fourth-order valence-corrected chi connectivity index (χ4v) is 7.36. The minimum Gasteiger partial charge on any atom is -0.303 e. The second-order valence-electron chi connectivity index (χ2n) is 14.0. The number of nitrogens with one attached hydrogen (secondary N) is 1. The summed E-state index contributed by atoms with van der Waals surface area (Å²) in [5.41, 5.74) is -0.0687. The van der Waals surface area contributed by atoms with Crippen LogP contribution in [0.3, 0.4) is 0 Å². The molecule has 46 heavy (non-hydrogen) atoms. The molecule has 0 atom stereocenters. The molecule has 0 saturated carbocycles. The number of nitrogens with zero attached hydrogens (tertiary/aromatic N) is 2. The van der Waals surface area contributed by atoms with Gasteiger partial charge in [0.2, 0.25) is 11.8 Å². The third kappa shape index (κ3) is 13.9. The summed E-state index contributed by atoms with van der Waals surface area (Å²) >= 11 is 0. The highest BCUT2D eigenvalue weighted by Gasteiger charge is 2.46. The van der Waals surface area contributed by atoms with Gasteiger partial charge in [-0.05, 0) is 82.4 Å². The van der Waals surface area contributed by atoms with Gasteiger partial charge in [-0.15, -0.1) is 0 Å². The quantitative estimate of drug-likeness (QED) is 0.0954. The van der Waals surface area contributed by atoms with Crippen LogP contribution in [0.4, 0.5) is 4.39 Å². The number of imide groups is 1. The average Bonchev–Trinajstić information content (AvgIpc) is 3.07. The maximum atomic E-state index is 13.7. The van der Waals surface area contributed by atoms with Crippen LogP contribution in [-0.2, 0) is 9.59 Å². The fourth-order valence-electron chi connectivity index (χ4n) is 7.36. The van der Waals surface area contributed by atoms with E-state index < -0.39 is 5.54 Å². The van der Waals surface area contributed by atoms with Crippen molar-refractivity contribution < 1.29 is 18.8 Å². The van der Waals surface area contributed by atoms with E-state index in [4.69, 9.17) is 0 Å². The molecule has 0 aliphatic carbocycles. The summed E-state index contributed by atoms with van der Waals surface area (Å²) in [6.45, 7) is 6.44. The second-order valence-corrected chi connectivity index (χ2v) is 14.0. The van der Waals surface area contributed by atoms with Crippen molar-refractivity contribution in [1.29, 1.82) is 0 Å². The maximum Gasteiger partial charge on any atom is 0.247 e. The smallest absolute Gasteiger partial charge is 0.247 e. The van der Waals surface area contributed by atoms with Gasteiger partial charge in [0.15, 0.2) is 5.78 Å². The van der Waals surface area contributed by atoms with Crippen molar-refractivity contribution in [2.45, 2.75) is 160 Å². The summed E-state index contributed by atoms with van der Waals surface area (Å²) in [5.74, 6) is -0.534. The number of Topliss-reactive ketones (excluding diaryl/α,β-unsaturated/α-hetero) is 1. The zero-order valence-corrected chi connectivity index (χ0v) is 29.1. The van der Waals surface area contributed by atoms with Crippen LogP contribution in [0.1, 0.15) is 165 Å². The summed E-state index contributed by atoms with van der Waals surface area (Å²) in [6.07, 6.45) is 25.7. The molecule has 260 valence electrons. The number of halogens is 1. The van der Waals surface area contributed by atoms with Crippen molar-refractivity contribution in [2.75, 3.05) is 32.7 Å². The molecule has 1 aromatic carbocycles. The van der Waals surface area contributed by atoms with Crippen molar-refractivity contribution >= 4 is 17.6 Å². The van der Waals surface area contributed by atoms with E-state index >= 15 is 0 Å². The minimum absolute atomic E-state index is 0.0339. The second kappa shape index (κ2) is 22.4. The van der Waals surface area contributed by atoms with Gasteiger partial charge in [-0.3, -0.25) is 24.6 Å². The average molecular weight is 642 g/mol. The molecule has 0 bridgehead atoms. The Morgan fingerprint density at radius 1 is 0.674 bits per heavy atom. The Hall–Kier alpha value is -2.12. The van der Waals surface area contributed by atoms with Crippen molar-refractivity contribution in [2.24, 2.45) is 0 Å². The third-order valence-corrected chi connectivity index (χ3v) is 10.4. The molecule has 2 saturated heterocycles. The van der Waals surface area contributed by atoms with Crippen LogP contribution in [0.2, 0.25) is 0 Å². The lowest BCUT2D eigenvalue weighted by Gasteiger charge is -2.48. The van der Waals surface area contributed by atoms with E-state index in [0.29, 0.717) is 31.2 Å². The molecule has 1 aromatic rings. The van der Waals surface area contributed by atoms with Gasteiger partial charge in [0.05, 0.1) is 0 Å². The maximum absolute atomic E-state index is 13.7. The molecule has 2 heterocycles. The number of likely N-dealkylation sites (tertiary alicyclic amines) is 2. The molecule has 6 nitrogen and oxygen atoms in total. The summed E-state index contributed by atoms with van der Waals surface area (Å²) in [5, 5.41) is 2.82. The van der Waals surface area contributed by atoms with E-state index in [0.717, 1.165) is 64.8 Å². The first-order chi connectivity index (χ1) is 22.4. The number of amides is 2. The Bertz CT molecular complexity index is 1000. The summed E-state index contributed by atoms with van der Waals surface area (Å²) in [6, 6.07) is 5.75. The number of benzene rings is 1. The molecule has 0 spiro atoms. The Morgan fingerprint density at radius 2 is 1.20 bits per heavy atom. The van der Waals surface area contributed by atoms with E-state index in [1.54, 1.807) is 12.1 Å². The van der Waals surface area contributed by atoms with Gasteiger partial charge in [0.1, 0.15) is 11.4 Å². The topological polar surface area (TPSA) is 69.7 Å². The number of unbranched alkanes of at least 4 members (excludes halogenated alkanes) is 14. The van der Waals surface area contributed by atoms with E-state index in [-0.39, 0.29) is 23.4 Å². The summed E-state index contributed by atoms with van der Waals surface area (Å²) in [7, 11) is 0. The number of hydrogen-bond donors (Lipinski definition) is 1. The Labute approximate surface area is 279 Å². The van der Waals surface area contributed by atoms with Crippen LogP contribution in [0.5, 0.6) is 0 Å². The molecule has 2 aliphatic heterocycles. The van der Waals surface area contributed by atoms with Gasteiger partial charge in [-0.2, -0.15) is 0 Å². The first kappa shape index (κ1) is 38.3. The van der Waals surface area contributed by atoms with Crippen molar-refractivity contribution in [1.82, 2.24) is 15.1 Å². The summed E-state index contributed by atoms with van der Waals surface area (Å²) < 4.78 is 13.2. The van der Waals surface area contributed by atoms with E-state index in [1.165, 1.54) is 102 Å². The normalized spacial score (nSPS) is 17.2. The van der Waals surface area contributed by atoms with Gasteiger partial charge in [-0.25, -0.2) is 4.39 Å². The summed E-state index contributed by atoms with van der Waals surface area (Å²) in [4.78, 5) is 43.7. The molecule has 0 unspecified atom stereocenters. The van der Waals surface area contributed by atoms with Gasteiger partial charge < -0.3 is 4.90 Å². The molecule has 1 N–H and O–H groups in total. The Balaban J connectivity index is 1.29. The predicted molar refractivity (Wildman–Crippen MR) is 186 cm³/mol. The Kier molecular flexibility index (Phi) is 18.7. The van der Waals surface area contributed by atoms with Crippen molar-refractivity contribution in [3.8, 4) is 0 Å².